The fraction of sp³-hybridized carbons (Fsp3) is 0.174. The van der Waals surface area contributed by atoms with Gasteiger partial charge in [-0.2, -0.15) is 0 Å². The van der Waals surface area contributed by atoms with Crippen LogP contribution < -0.4 is 5.32 Å². The van der Waals surface area contributed by atoms with Gasteiger partial charge < -0.3 is 14.6 Å². The maximum absolute atomic E-state index is 14.4. The Morgan fingerprint density at radius 3 is 2.52 bits per heavy atom. The molecule has 0 radical (unpaired) electrons. The molecule has 10 heteroatoms. The van der Waals surface area contributed by atoms with E-state index < -0.39 is 35.0 Å². The van der Waals surface area contributed by atoms with Crippen LogP contribution >= 0.6 is 11.6 Å². The highest BCUT2D eigenvalue weighted by atomic mass is 35.5. The van der Waals surface area contributed by atoms with Crippen molar-refractivity contribution in [1.82, 2.24) is 19.9 Å². The molecule has 2 heterocycles. The molecule has 0 aliphatic carbocycles. The van der Waals surface area contributed by atoms with Gasteiger partial charge >= 0.3 is 0 Å². The standard InChI is InChI=1S/C23H18ClF3N4O2/c1-31-6-5-28-22(31)19(33-2)11-30-23(32)12-3-4-14-15(7-12)21(29-10-16(14)24)20-17(26)8-13(25)9-18(20)27/h3-10,19H,11H2,1-2H3,(H,30,32). The summed E-state index contributed by atoms with van der Waals surface area (Å²) in [5.41, 5.74) is -0.392. The van der Waals surface area contributed by atoms with E-state index >= 15 is 0 Å². The minimum atomic E-state index is -1.11. The van der Waals surface area contributed by atoms with Crippen LogP contribution in [0.25, 0.3) is 22.0 Å². The SMILES string of the molecule is COC(CNC(=O)c1ccc2c(Cl)cnc(-c3c(F)cc(F)cc3F)c2c1)c1nccn1C. The Balaban J connectivity index is 1.70. The molecule has 0 fully saturated rings. The molecule has 0 spiro atoms. The molecule has 0 aliphatic heterocycles. The number of ether oxygens (including phenoxy) is 1. The van der Waals surface area contributed by atoms with Crippen LogP contribution in [0.1, 0.15) is 22.3 Å². The molecule has 1 amide bonds. The molecule has 6 nitrogen and oxygen atoms in total. The average Bonchev–Trinajstić information content (AvgIpc) is 3.20. The summed E-state index contributed by atoms with van der Waals surface area (Å²) < 4.78 is 49.5. The van der Waals surface area contributed by atoms with Crippen molar-refractivity contribution in [3.05, 3.63) is 82.8 Å². The average molecular weight is 475 g/mol. The number of imidazole rings is 1. The molecule has 0 saturated heterocycles. The van der Waals surface area contributed by atoms with Gasteiger partial charge in [-0.05, 0) is 12.1 Å². The van der Waals surface area contributed by atoms with Gasteiger partial charge in [-0.3, -0.25) is 9.78 Å². The normalized spacial score (nSPS) is 12.2. The third-order valence-corrected chi connectivity index (χ3v) is 5.53. The van der Waals surface area contributed by atoms with Crippen LogP contribution in [0.4, 0.5) is 13.2 Å². The number of methoxy groups -OCH3 is 1. The van der Waals surface area contributed by atoms with Crippen LogP contribution in [-0.4, -0.2) is 34.1 Å². The fourth-order valence-electron chi connectivity index (χ4n) is 3.57. The molecule has 0 bridgehead atoms. The van der Waals surface area contributed by atoms with Crippen molar-refractivity contribution in [3.8, 4) is 11.3 Å². The first kappa shape index (κ1) is 22.8. The van der Waals surface area contributed by atoms with Crippen LogP contribution in [-0.2, 0) is 11.8 Å². The number of hydrogen-bond acceptors (Lipinski definition) is 4. The monoisotopic (exact) mass is 474 g/mol. The maximum Gasteiger partial charge on any atom is 0.251 e. The van der Waals surface area contributed by atoms with E-state index in [0.717, 1.165) is 0 Å². The lowest BCUT2D eigenvalue weighted by molar-refractivity contribution is 0.0788. The Kier molecular flexibility index (Phi) is 6.35. The molecule has 1 N–H and O–H groups in total. The number of pyridine rings is 1. The molecule has 1 atom stereocenters. The summed E-state index contributed by atoms with van der Waals surface area (Å²) in [6.07, 6.45) is 4.15. The molecular formula is C23H18ClF3N4O2. The molecule has 33 heavy (non-hydrogen) atoms. The van der Waals surface area contributed by atoms with Crippen molar-refractivity contribution in [2.45, 2.75) is 6.10 Å². The van der Waals surface area contributed by atoms with Gasteiger partial charge in [0.2, 0.25) is 0 Å². The van der Waals surface area contributed by atoms with Gasteiger partial charge in [-0.25, -0.2) is 18.2 Å². The second-order valence-electron chi connectivity index (χ2n) is 7.29. The zero-order valence-corrected chi connectivity index (χ0v) is 18.3. The van der Waals surface area contributed by atoms with Crippen molar-refractivity contribution in [2.75, 3.05) is 13.7 Å². The summed E-state index contributed by atoms with van der Waals surface area (Å²) in [6.45, 7) is 0.139. The summed E-state index contributed by atoms with van der Waals surface area (Å²) in [5, 5.41) is 3.68. The van der Waals surface area contributed by atoms with E-state index in [4.69, 9.17) is 16.3 Å². The molecule has 2 aromatic heterocycles. The van der Waals surface area contributed by atoms with Crippen LogP contribution in [0.3, 0.4) is 0 Å². The second kappa shape index (κ2) is 9.21. The fourth-order valence-corrected chi connectivity index (χ4v) is 3.79. The highest BCUT2D eigenvalue weighted by Crippen LogP contribution is 2.34. The molecule has 4 rings (SSSR count). The zero-order chi connectivity index (χ0) is 23.7. The number of fused-ring (bicyclic) bond motifs is 1. The molecule has 0 aliphatic rings. The lowest BCUT2D eigenvalue weighted by atomic mass is 10.0. The molecule has 2 aromatic carbocycles. The third kappa shape index (κ3) is 4.42. The summed E-state index contributed by atoms with van der Waals surface area (Å²) in [5.74, 6) is -3.09. The summed E-state index contributed by atoms with van der Waals surface area (Å²) in [4.78, 5) is 21.1. The smallest absolute Gasteiger partial charge is 0.251 e. The lowest BCUT2D eigenvalue weighted by Crippen LogP contribution is -2.30. The van der Waals surface area contributed by atoms with E-state index in [1.165, 1.54) is 25.4 Å². The van der Waals surface area contributed by atoms with Gasteiger partial charge in [0.05, 0.1) is 22.8 Å². The predicted octanol–water partition coefficient (Wildman–Crippen LogP) is 4.82. The largest absolute Gasteiger partial charge is 0.372 e. The Morgan fingerprint density at radius 1 is 1.15 bits per heavy atom. The predicted molar refractivity (Wildman–Crippen MR) is 117 cm³/mol. The van der Waals surface area contributed by atoms with Crippen LogP contribution in [0.15, 0.2) is 48.9 Å². The van der Waals surface area contributed by atoms with E-state index in [1.54, 1.807) is 23.0 Å². The first-order valence-corrected chi connectivity index (χ1v) is 10.2. The number of benzene rings is 2. The topological polar surface area (TPSA) is 69.0 Å². The first-order valence-electron chi connectivity index (χ1n) is 9.81. The highest BCUT2D eigenvalue weighted by Gasteiger charge is 2.21. The summed E-state index contributed by atoms with van der Waals surface area (Å²) in [7, 11) is 3.32. The number of halogens is 4. The zero-order valence-electron chi connectivity index (χ0n) is 17.6. The Labute approximate surface area is 192 Å². The molecular weight excluding hydrogens is 457 g/mol. The van der Waals surface area contributed by atoms with E-state index in [2.05, 4.69) is 15.3 Å². The van der Waals surface area contributed by atoms with E-state index in [0.29, 0.717) is 23.3 Å². The highest BCUT2D eigenvalue weighted by molar-refractivity contribution is 6.35. The minimum Gasteiger partial charge on any atom is -0.372 e. The number of hydrogen-bond donors (Lipinski definition) is 1. The first-order chi connectivity index (χ1) is 15.8. The van der Waals surface area contributed by atoms with Crippen molar-refractivity contribution < 1.29 is 22.7 Å². The van der Waals surface area contributed by atoms with E-state index in [9.17, 15) is 18.0 Å². The van der Waals surface area contributed by atoms with Gasteiger partial charge in [0, 0.05) is 61.2 Å². The van der Waals surface area contributed by atoms with Gasteiger partial charge in [-0.15, -0.1) is 0 Å². The van der Waals surface area contributed by atoms with Crippen molar-refractivity contribution in [2.24, 2.45) is 7.05 Å². The number of carbonyl (C=O) groups excluding carboxylic acids is 1. The molecule has 1 unspecified atom stereocenters. The lowest BCUT2D eigenvalue weighted by Gasteiger charge is -2.16. The molecule has 170 valence electrons. The van der Waals surface area contributed by atoms with Crippen LogP contribution in [0.2, 0.25) is 5.02 Å². The third-order valence-electron chi connectivity index (χ3n) is 5.22. The van der Waals surface area contributed by atoms with Gasteiger partial charge in [0.1, 0.15) is 29.4 Å². The Morgan fingerprint density at radius 2 is 1.88 bits per heavy atom. The second-order valence-corrected chi connectivity index (χ2v) is 7.70. The number of aryl methyl sites for hydroxylation is 1. The van der Waals surface area contributed by atoms with E-state index in [1.807, 2.05) is 7.05 Å². The van der Waals surface area contributed by atoms with Crippen LogP contribution in [0, 0.1) is 17.5 Å². The van der Waals surface area contributed by atoms with Crippen molar-refractivity contribution in [3.63, 3.8) is 0 Å². The van der Waals surface area contributed by atoms with Gasteiger partial charge in [0.15, 0.2) is 0 Å². The van der Waals surface area contributed by atoms with E-state index in [-0.39, 0.29) is 28.2 Å². The number of aromatic nitrogens is 3. The summed E-state index contributed by atoms with van der Waals surface area (Å²) >= 11 is 6.21. The molecule has 0 saturated carbocycles. The van der Waals surface area contributed by atoms with Gasteiger partial charge in [0.25, 0.3) is 5.91 Å². The Hall–Kier alpha value is -3.43. The number of carbonyl (C=O) groups is 1. The van der Waals surface area contributed by atoms with Crippen molar-refractivity contribution >= 4 is 28.3 Å². The number of amides is 1. The quantitative estimate of drug-likeness (QED) is 0.435. The number of nitrogens with zero attached hydrogens (tertiary/aromatic N) is 3. The maximum atomic E-state index is 14.4. The van der Waals surface area contributed by atoms with Crippen molar-refractivity contribution in [1.29, 1.82) is 0 Å². The Bertz CT molecular complexity index is 1340. The number of rotatable bonds is 6. The number of nitrogens with one attached hydrogen (secondary N) is 1. The molecule has 4 aromatic rings. The van der Waals surface area contributed by atoms with Gasteiger partial charge in [-0.1, -0.05) is 17.7 Å². The minimum absolute atomic E-state index is 0.0955. The summed E-state index contributed by atoms with van der Waals surface area (Å²) in [6, 6.07) is 5.67. The van der Waals surface area contributed by atoms with Crippen LogP contribution in [0.5, 0.6) is 0 Å².